The molecule has 1 atom stereocenters. The minimum Gasteiger partial charge on any atom is -0.395 e. The summed E-state index contributed by atoms with van der Waals surface area (Å²) in [4.78, 5) is 10.9. The highest BCUT2D eigenvalue weighted by Gasteiger charge is 2.19. The van der Waals surface area contributed by atoms with Crippen molar-refractivity contribution in [2.45, 2.75) is 32.7 Å². The summed E-state index contributed by atoms with van der Waals surface area (Å²) in [6.45, 7) is 6.64. The first kappa shape index (κ1) is 13.2. The molecule has 2 heterocycles. The van der Waals surface area contributed by atoms with Crippen molar-refractivity contribution in [3.8, 4) is 0 Å². The number of aliphatic hydroxyl groups is 1. The Morgan fingerprint density at radius 3 is 2.89 bits per heavy atom. The van der Waals surface area contributed by atoms with Crippen molar-refractivity contribution in [1.29, 1.82) is 0 Å². The molecule has 1 aliphatic rings. The SMILES string of the molecule is Cc1cc(N(CCO)CC2CCCN2)nc(C)n1. The van der Waals surface area contributed by atoms with E-state index in [0.717, 1.165) is 30.4 Å². The fourth-order valence-corrected chi connectivity index (χ4v) is 2.46. The zero-order valence-corrected chi connectivity index (χ0v) is 11.2. The van der Waals surface area contributed by atoms with Crippen LogP contribution in [0.15, 0.2) is 6.07 Å². The molecule has 5 nitrogen and oxygen atoms in total. The smallest absolute Gasteiger partial charge is 0.132 e. The fraction of sp³-hybridized carbons (Fsp3) is 0.692. The lowest BCUT2D eigenvalue weighted by atomic mass is 10.2. The van der Waals surface area contributed by atoms with Gasteiger partial charge >= 0.3 is 0 Å². The Kier molecular flexibility index (Phi) is 4.49. The minimum atomic E-state index is 0.148. The van der Waals surface area contributed by atoms with Crippen LogP contribution < -0.4 is 10.2 Å². The van der Waals surface area contributed by atoms with E-state index in [1.165, 1.54) is 12.8 Å². The lowest BCUT2D eigenvalue weighted by Crippen LogP contribution is -2.39. The van der Waals surface area contributed by atoms with Crippen LogP contribution in [0.4, 0.5) is 5.82 Å². The van der Waals surface area contributed by atoms with Gasteiger partial charge in [-0.2, -0.15) is 0 Å². The zero-order chi connectivity index (χ0) is 13.0. The molecule has 0 amide bonds. The maximum absolute atomic E-state index is 9.21. The van der Waals surface area contributed by atoms with Crippen LogP contribution in [0, 0.1) is 13.8 Å². The van der Waals surface area contributed by atoms with Gasteiger partial charge in [-0.05, 0) is 33.2 Å². The summed E-state index contributed by atoms with van der Waals surface area (Å²) in [7, 11) is 0. The molecular weight excluding hydrogens is 228 g/mol. The fourth-order valence-electron chi connectivity index (χ4n) is 2.46. The molecule has 0 radical (unpaired) electrons. The summed E-state index contributed by atoms with van der Waals surface area (Å²) in [5, 5.41) is 12.7. The second kappa shape index (κ2) is 6.11. The van der Waals surface area contributed by atoms with E-state index in [1.807, 2.05) is 19.9 Å². The molecule has 0 aromatic carbocycles. The molecule has 18 heavy (non-hydrogen) atoms. The van der Waals surface area contributed by atoms with Gasteiger partial charge in [-0.25, -0.2) is 9.97 Å². The van der Waals surface area contributed by atoms with Crippen molar-refractivity contribution >= 4 is 5.82 Å². The summed E-state index contributed by atoms with van der Waals surface area (Å²) >= 11 is 0. The molecular formula is C13H22N4O. The third-order valence-electron chi connectivity index (χ3n) is 3.25. The van der Waals surface area contributed by atoms with Gasteiger partial charge in [-0.3, -0.25) is 0 Å². The predicted octanol–water partition coefficient (Wildman–Crippen LogP) is 0.644. The van der Waals surface area contributed by atoms with Gasteiger partial charge in [0.05, 0.1) is 6.61 Å². The van der Waals surface area contributed by atoms with Crippen LogP contribution in [-0.2, 0) is 0 Å². The number of aliphatic hydroxyl groups excluding tert-OH is 1. The van der Waals surface area contributed by atoms with Crippen LogP contribution in [0.25, 0.3) is 0 Å². The van der Waals surface area contributed by atoms with E-state index in [4.69, 9.17) is 0 Å². The van der Waals surface area contributed by atoms with Gasteiger partial charge in [0.2, 0.25) is 0 Å². The lowest BCUT2D eigenvalue weighted by molar-refractivity contribution is 0.300. The van der Waals surface area contributed by atoms with Crippen molar-refractivity contribution in [3.05, 3.63) is 17.6 Å². The molecule has 100 valence electrons. The lowest BCUT2D eigenvalue weighted by Gasteiger charge is -2.26. The Labute approximate surface area is 108 Å². The average Bonchev–Trinajstić information content (AvgIpc) is 2.80. The molecule has 0 saturated carbocycles. The molecule has 5 heteroatoms. The Bertz CT molecular complexity index is 370. The number of aromatic nitrogens is 2. The van der Waals surface area contributed by atoms with E-state index in [9.17, 15) is 5.11 Å². The highest BCUT2D eigenvalue weighted by molar-refractivity contribution is 5.40. The van der Waals surface area contributed by atoms with Gasteiger partial charge in [-0.1, -0.05) is 0 Å². The topological polar surface area (TPSA) is 61.3 Å². The van der Waals surface area contributed by atoms with Crippen molar-refractivity contribution in [3.63, 3.8) is 0 Å². The Hall–Kier alpha value is -1.20. The van der Waals surface area contributed by atoms with Crippen LogP contribution in [-0.4, -0.2) is 47.4 Å². The average molecular weight is 250 g/mol. The number of rotatable bonds is 5. The number of anilines is 1. The van der Waals surface area contributed by atoms with Crippen molar-refractivity contribution in [2.24, 2.45) is 0 Å². The summed E-state index contributed by atoms with van der Waals surface area (Å²) in [5.41, 5.74) is 0.972. The van der Waals surface area contributed by atoms with Crippen LogP contribution in [0.5, 0.6) is 0 Å². The summed E-state index contributed by atoms with van der Waals surface area (Å²) in [6.07, 6.45) is 2.43. The Balaban J connectivity index is 2.11. The van der Waals surface area contributed by atoms with E-state index in [1.54, 1.807) is 0 Å². The van der Waals surface area contributed by atoms with Crippen molar-refractivity contribution < 1.29 is 5.11 Å². The number of nitrogens with zero attached hydrogens (tertiary/aromatic N) is 3. The van der Waals surface area contributed by atoms with Gasteiger partial charge in [0.1, 0.15) is 11.6 Å². The number of hydrogen-bond acceptors (Lipinski definition) is 5. The predicted molar refractivity (Wildman–Crippen MR) is 71.8 cm³/mol. The molecule has 0 spiro atoms. The van der Waals surface area contributed by atoms with E-state index in [0.29, 0.717) is 12.6 Å². The standard InChI is InChI=1S/C13H22N4O/c1-10-8-13(16-11(2)15-10)17(6-7-18)9-12-4-3-5-14-12/h8,12,14,18H,3-7,9H2,1-2H3. The van der Waals surface area contributed by atoms with Gasteiger partial charge < -0.3 is 15.3 Å². The van der Waals surface area contributed by atoms with Gasteiger partial charge in [0.15, 0.2) is 0 Å². The third kappa shape index (κ3) is 3.40. The zero-order valence-electron chi connectivity index (χ0n) is 11.2. The molecule has 0 aliphatic carbocycles. The second-order valence-electron chi connectivity index (χ2n) is 4.88. The highest BCUT2D eigenvalue weighted by atomic mass is 16.3. The quantitative estimate of drug-likeness (QED) is 0.803. The maximum atomic E-state index is 9.21. The first-order valence-corrected chi connectivity index (χ1v) is 6.60. The molecule has 1 aromatic heterocycles. The van der Waals surface area contributed by atoms with Crippen LogP contribution in [0.2, 0.25) is 0 Å². The van der Waals surface area contributed by atoms with Crippen molar-refractivity contribution in [1.82, 2.24) is 15.3 Å². The van der Waals surface area contributed by atoms with E-state index in [2.05, 4.69) is 20.2 Å². The van der Waals surface area contributed by atoms with Crippen LogP contribution in [0.3, 0.4) is 0 Å². The number of aryl methyl sites for hydroxylation is 2. The van der Waals surface area contributed by atoms with E-state index >= 15 is 0 Å². The van der Waals surface area contributed by atoms with Gasteiger partial charge in [0, 0.05) is 30.9 Å². The van der Waals surface area contributed by atoms with Gasteiger partial charge in [0.25, 0.3) is 0 Å². The molecule has 1 aliphatic heterocycles. The molecule has 2 rings (SSSR count). The molecule has 0 bridgehead atoms. The third-order valence-corrected chi connectivity index (χ3v) is 3.25. The Morgan fingerprint density at radius 1 is 1.44 bits per heavy atom. The molecule has 1 fully saturated rings. The molecule has 1 saturated heterocycles. The summed E-state index contributed by atoms with van der Waals surface area (Å²) < 4.78 is 0. The second-order valence-corrected chi connectivity index (χ2v) is 4.88. The van der Waals surface area contributed by atoms with Crippen molar-refractivity contribution in [2.75, 3.05) is 31.1 Å². The van der Waals surface area contributed by atoms with Gasteiger partial charge in [-0.15, -0.1) is 0 Å². The van der Waals surface area contributed by atoms with E-state index in [-0.39, 0.29) is 6.61 Å². The largest absolute Gasteiger partial charge is 0.395 e. The number of nitrogens with one attached hydrogen (secondary N) is 1. The maximum Gasteiger partial charge on any atom is 0.132 e. The van der Waals surface area contributed by atoms with Crippen LogP contribution >= 0.6 is 0 Å². The van der Waals surface area contributed by atoms with E-state index < -0.39 is 0 Å². The summed E-state index contributed by atoms with van der Waals surface area (Å²) in [5.74, 6) is 1.70. The molecule has 2 N–H and O–H groups in total. The monoisotopic (exact) mass is 250 g/mol. The minimum absolute atomic E-state index is 0.148. The molecule has 1 unspecified atom stereocenters. The highest BCUT2D eigenvalue weighted by Crippen LogP contribution is 2.15. The summed E-state index contributed by atoms with van der Waals surface area (Å²) in [6, 6.07) is 2.49. The normalized spacial score (nSPS) is 19.2. The molecule has 1 aromatic rings. The first-order valence-electron chi connectivity index (χ1n) is 6.60. The first-order chi connectivity index (χ1) is 8.69. The Morgan fingerprint density at radius 2 is 2.28 bits per heavy atom. The van der Waals surface area contributed by atoms with Crippen LogP contribution in [0.1, 0.15) is 24.4 Å². The number of hydrogen-bond donors (Lipinski definition) is 2.